The van der Waals surface area contributed by atoms with E-state index >= 15 is 0 Å². The van der Waals surface area contributed by atoms with E-state index in [-0.39, 0.29) is 47.3 Å². The highest BCUT2D eigenvalue weighted by Gasteiger charge is 2.66. The van der Waals surface area contributed by atoms with Gasteiger partial charge in [-0.2, -0.15) is 0 Å². The minimum absolute atomic E-state index is 0.0439. The van der Waals surface area contributed by atoms with E-state index in [1.807, 2.05) is 23.6 Å². The van der Waals surface area contributed by atoms with Crippen LogP contribution in [0.1, 0.15) is 81.6 Å². The lowest BCUT2D eigenvalue weighted by molar-refractivity contribution is -0.139. The molecule has 1 saturated heterocycles. The fraction of sp³-hybridized carbons (Fsp3) is 0.600. The van der Waals surface area contributed by atoms with Gasteiger partial charge in [-0.25, -0.2) is 0 Å². The third kappa shape index (κ3) is 4.74. The highest BCUT2D eigenvalue weighted by Crippen LogP contribution is 2.59. The van der Waals surface area contributed by atoms with Gasteiger partial charge in [0.1, 0.15) is 12.3 Å². The molecule has 4 atom stereocenters. The number of ether oxygens (including phenoxy) is 1. The molecular weight excluding hydrogens is 482 g/mol. The van der Waals surface area contributed by atoms with Crippen LogP contribution in [0.5, 0.6) is 5.75 Å². The first-order chi connectivity index (χ1) is 18.2. The Labute approximate surface area is 224 Å². The van der Waals surface area contributed by atoms with Crippen molar-refractivity contribution in [3.05, 3.63) is 29.5 Å². The molecule has 0 radical (unpaired) electrons. The van der Waals surface area contributed by atoms with Gasteiger partial charge in [0.05, 0.1) is 18.7 Å². The Morgan fingerprint density at radius 3 is 2.68 bits per heavy atom. The quantitative estimate of drug-likeness (QED) is 0.612. The second-order valence-corrected chi connectivity index (χ2v) is 11.7. The van der Waals surface area contributed by atoms with Crippen LogP contribution in [-0.2, 0) is 27.3 Å². The summed E-state index contributed by atoms with van der Waals surface area (Å²) in [5, 5.41) is 3.92. The number of carbonyl (C=O) groups excluding carboxylic acids is 4. The Morgan fingerprint density at radius 2 is 1.97 bits per heavy atom. The zero-order chi connectivity index (χ0) is 27.2. The first-order valence-electron chi connectivity index (χ1n) is 14.0. The highest BCUT2D eigenvalue weighted by molar-refractivity contribution is 6.08. The van der Waals surface area contributed by atoms with Crippen molar-refractivity contribution >= 4 is 34.3 Å². The van der Waals surface area contributed by atoms with Gasteiger partial charge in [0.2, 0.25) is 11.8 Å². The zero-order valence-corrected chi connectivity index (χ0v) is 23.0. The molecule has 8 heteroatoms. The van der Waals surface area contributed by atoms with Gasteiger partial charge >= 0.3 is 0 Å². The molecule has 3 aliphatic rings. The number of aryl methyl sites for hydroxylation is 1. The number of nitrogens with one attached hydrogen (secondary N) is 1. The third-order valence-electron chi connectivity index (χ3n) is 8.94. The molecule has 2 fully saturated rings. The number of ketones is 2. The van der Waals surface area contributed by atoms with Crippen molar-refractivity contribution in [3.8, 4) is 5.75 Å². The largest absolute Gasteiger partial charge is 0.497 e. The molecule has 2 aliphatic heterocycles. The van der Waals surface area contributed by atoms with Crippen LogP contribution in [-0.4, -0.2) is 58.6 Å². The molecular formula is C30H39N3O5. The van der Waals surface area contributed by atoms with Crippen molar-refractivity contribution < 1.29 is 23.9 Å². The van der Waals surface area contributed by atoms with E-state index in [1.54, 1.807) is 25.1 Å². The number of nitrogens with zero attached hydrogens (tertiary/aromatic N) is 2. The van der Waals surface area contributed by atoms with Gasteiger partial charge in [0.25, 0.3) is 0 Å². The van der Waals surface area contributed by atoms with E-state index in [4.69, 9.17) is 4.74 Å². The van der Waals surface area contributed by atoms with Crippen LogP contribution in [0.2, 0.25) is 0 Å². The summed E-state index contributed by atoms with van der Waals surface area (Å²) in [6.45, 7) is 6.06. The van der Waals surface area contributed by atoms with Crippen molar-refractivity contribution in [2.45, 2.75) is 90.8 Å². The predicted molar refractivity (Wildman–Crippen MR) is 144 cm³/mol. The Bertz CT molecular complexity index is 1300. The maximum absolute atomic E-state index is 13.9. The number of Topliss-reactive ketones (excluding diaryl/α,β-unsaturated/α-hetero) is 2. The second-order valence-electron chi connectivity index (χ2n) is 11.7. The molecule has 1 aromatic carbocycles. The summed E-state index contributed by atoms with van der Waals surface area (Å²) in [6.07, 6.45) is 7.66. The smallest absolute Gasteiger partial charge is 0.243 e. The topological polar surface area (TPSA) is 97.7 Å². The average molecular weight is 522 g/mol. The first-order valence-corrected chi connectivity index (χ1v) is 14.0. The molecule has 38 heavy (non-hydrogen) atoms. The van der Waals surface area contributed by atoms with Crippen molar-refractivity contribution in [1.29, 1.82) is 0 Å². The molecule has 2 aromatic rings. The first kappa shape index (κ1) is 26.4. The maximum Gasteiger partial charge on any atom is 0.243 e. The number of benzene rings is 1. The molecule has 3 heterocycles. The molecule has 2 bridgehead atoms. The number of carbonyl (C=O) groups is 4. The van der Waals surface area contributed by atoms with Crippen molar-refractivity contribution in [3.63, 3.8) is 0 Å². The molecule has 0 spiro atoms. The normalized spacial score (nSPS) is 28.0. The SMILES string of the molecule is CCC(=O)[C@@H]1C[C@]23CNC(=O)C[C@@H](C)CCCCc4cc(OC)cc5c(C(C)=O)cn(c45)CC(=O)N1[C@@H]2C3. The van der Waals surface area contributed by atoms with Crippen molar-refractivity contribution in [1.82, 2.24) is 14.8 Å². The van der Waals surface area contributed by atoms with Crippen molar-refractivity contribution in [2.75, 3.05) is 13.7 Å². The molecule has 0 unspecified atom stereocenters. The molecule has 2 amide bonds. The van der Waals surface area contributed by atoms with Gasteiger partial charge in [0, 0.05) is 48.0 Å². The van der Waals surface area contributed by atoms with E-state index in [0.717, 1.165) is 48.6 Å². The number of hydrogen-bond acceptors (Lipinski definition) is 5. The third-order valence-corrected chi connectivity index (χ3v) is 8.94. The van der Waals surface area contributed by atoms with Crippen LogP contribution >= 0.6 is 0 Å². The Balaban J connectivity index is 1.57. The molecule has 1 N–H and O–H groups in total. The molecule has 5 rings (SSSR count). The Morgan fingerprint density at radius 1 is 1.18 bits per heavy atom. The van der Waals surface area contributed by atoms with Crippen LogP contribution in [0.15, 0.2) is 18.3 Å². The number of piperidine rings is 1. The lowest BCUT2D eigenvalue weighted by atomic mass is 9.95. The standard InChI is InChI=1S/C30H39N3O5/c1-5-25(35)24-13-30-14-26(30)33(24)28(37)16-32-15-23(19(3)34)22-12-21(38-4)11-20(29(22)32)9-7-6-8-18(2)10-27(36)31-17-30/h11-12,15,18,24,26H,5-10,13-14,16-17H2,1-4H3,(H,31,36)/t18-,24-,26+,30-/m0/s1. The summed E-state index contributed by atoms with van der Waals surface area (Å²) in [6, 6.07) is 3.37. The predicted octanol–water partition coefficient (Wildman–Crippen LogP) is 4.06. The maximum atomic E-state index is 13.9. The van der Waals surface area contributed by atoms with Gasteiger partial charge in [-0.05, 0) is 56.2 Å². The summed E-state index contributed by atoms with van der Waals surface area (Å²) >= 11 is 0. The number of amides is 2. The van der Waals surface area contributed by atoms with E-state index in [2.05, 4.69) is 12.2 Å². The summed E-state index contributed by atoms with van der Waals surface area (Å²) in [5.74, 6) is 0.894. The zero-order valence-electron chi connectivity index (χ0n) is 23.0. The molecule has 1 saturated carbocycles. The van der Waals surface area contributed by atoms with Gasteiger partial charge in [-0.3, -0.25) is 19.2 Å². The van der Waals surface area contributed by atoms with E-state index in [0.29, 0.717) is 37.1 Å². The van der Waals surface area contributed by atoms with Crippen LogP contribution in [0.4, 0.5) is 0 Å². The minimum Gasteiger partial charge on any atom is -0.497 e. The molecule has 204 valence electrons. The van der Waals surface area contributed by atoms with Gasteiger partial charge in [-0.15, -0.1) is 0 Å². The number of rotatable bonds is 4. The fourth-order valence-electron chi connectivity index (χ4n) is 6.77. The van der Waals surface area contributed by atoms with Crippen LogP contribution in [0.25, 0.3) is 10.9 Å². The Hall–Kier alpha value is -3.16. The Kier molecular flexibility index (Phi) is 7.09. The highest BCUT2D eigenvalue weighted by atomic mass is 16.5. The molecule has 8 nitrogen and oxygen atoms in total. The van der Waals surface area contributed by atoms with Gasteiger partial charge in [0.15, 0.2) is 11.6 Å². The lowest BCUT2D eigenvalue weighted by Crippen LogP contribution is -2.44. The molecule has 1 aliphatic carbocycles. The number of methoxy groups -OCH3 is 1. The van der Waals surface area contributed by atoms with Crippen LogP contribution < -0.4 is 10.1 Å². The van der Waals surface area contributed by atoms with Gasteiger partial charge in [-0.1, -0.05) is 26.7 Å². The van der Waals surface area contributed by atoms with E-state index in [9.17, 15) is 19.2 Å². The summed E-state index contributed by atoms with van der Waals surface area (Å²) < 4.78 is 7.47. The fourth-order valence-corrected chi connectivity index (χ4v) is 6.77. The number of aromatic nitrogens is 1. The molecule has 1 aromatic heterocycles. The summed E-state index contributed by atoms with van der Waals surface area (Å²) in [4.78, 5) is 54.0. The van der Waals surface area contributed by atoms with Gasteiger partial charge < -0.3 is 19.5 Å². The monoisotopic (exact) mass is 521 g/mol. The lowest BCUT2D eigenvalue weighted by Gasteiger charge is -2.27. The van der Waals surface area contributed by atoms with E-state index in [1.165, 1.54) is 0 Å². The summed E-state index contributed by atoms with van der Waals surface area (Å²) in [7, 11) is 1.62. The van der Waals surface area contributed by atoms with E-state index < -0.39 is 6.04 Å². The average Bonchev–Trinajstić information content (AvgIpc) is 3.30. The van der Waals surface area contributed by atoms with Crippen molar-refractivity contribution in [2.24, 2.45) is 11.3 Å². The minimum atomic E-state index is -0.463. The summed E-state index contributed by atoms with van der Waals surface area (Å²) in [5.41, 5.74) is 2.28. The van der Waals surface area contributed by atoms with Crippen LogP contribution in [0, 0.1) is 11.3 Å². The number of hydrogen-bond donors (Lipinski definition) is 1. The van der Waals surface area contributed by atoms with Crippen LogP contribution in [0.3, 0.4) is 0 Å². The second kappa shape index (κ2) is 10.2.